The third-order valence-corrected chi connectivity index (χ3v) is 16.2. The summed E-state index contributed by atoms with van der Waals surface area (Å²) in [5, 5.41) is 13.4. The highest BCUT2D eigenvalue weighted by Gasteiger charge is 2.55. The molecule has 1 saturated carbocycles. The smallest absolute Gasteiger partial charge is 0.355 e. The van der Waals surface area contributed by atoms with Crippen LogP contribution >= 0.6 is 23.1 Å². The van der Waals surface area contributed by atoms with Crippen molar-refractivity contribution in [2.75, 3.05) is 18.2 Å². The molecule has 2 N–H and O–H groups in total. The van der Waals surface area contributed by atoms with E-state index >= 15 is 4.79 Å². The van der Waals surface area contributed by atoms with Gasteiger partial charge in [0.1, 0.15) is 40.7 Å². The van der Waals surface area contributed by atoms with Crippen LogP contribution < -0.4 is 15.4 Å². The van der Waals surface area contributed by atoms with Crippen LogP contribution in [0.3, 0.4) is 0 Å². The molecular formula is C63H53N5O6S2. The zero-order valence-electron chi connectivity index (χ0n) is 41.6. The maximum atomic E-state index is 15.4. The van der Waals surface area contributed by atoms with Crippen LogP contribution in [0.25, 0.3) is 0 Å². The van der Waals surface area contributed by atoms with E-state index in [1.807, 2.05) is 158 Å². The maximum Gasteiger partial charge on any atom is 0.355 e. The molecule has 7 aromatic carbocycles. The quantitative estimate of drug-likeness (QED) is 0.0267. The number of allylic oxidation sites excluding steroid dienone is 1. The van der Waals surface area contributed by atoms with Crippen LogP contribution in [0.4, 0.5) is 5.13 Å². The van der Waals surface area contributed by atoms with E-state index in [0.717, 1.165) is 57.4 Å². The molecule has 0 bridgehead atoms. The molecule has 1 aliphatic carbocycles. The lowest BCUT2D eigenvalue weighted by molar-refractivity contribution is -0.153. The van der Waals surface area contributed by atoms with Crippen LogP contribution in [-0.2, 0) is 41.7 Å². The number of benzene rings is 7. The van der Waals surface area contributed by atoms with E-state index in [-0.39, 0.29) is 29.6 Å². The normalized spacial score (nSPS) is 16.5. The number of aromatic nitrogens is 1. The van der Waals surface area contributed by atoms with Gasteiger partial charge in [-0.2, -0.15) is 0 Å². The summed E-state index contributed by atoms with van der Waals surface area (Å²) in [5.41, 5.74) is 5.41. The summed E-state index contributed by atoms with van der Waals surface area (Å²) in [6, 6.07) is 66.0. The molecule has 378 valence electrons. The first-order valence-electron chi connectivity index (χ1n) is 25.1. The Morgan fingerprint density at radius 1 is 0.697 bits per heavy atom. The molecule has 3 aliphatic rings. The van der Waals surface area contributed by atoms with Gasteiger partial charge in [0.25, 0.3) is 11.8 Å². The van der Waals surface area contributed by atoms with Crippen molar-refractivity contribution in [3.63, 3.8) is 0 Å². The predicted molar refractivity (Wildman–Crippen MR) is 298 cm³/mol. The highest BCUT2D eigenvalue weighted by Crippen LogP contribution is 2.48. The molecule has 76 heavy (non-hydrogen) atoms. The van der Waals surface area contributed by atoms with Crippen LogP contribution in [0, 0.1) is 5.92 Å². The zero-order chi connectivity index (χ0) is 52.1. The van der Waals surface area contributed by atoms with Crippen molar-refractivity contribution in [2.45, 2.75) is 42.0 Å². The third kappa shape index (κ3) is 9.59. The van der Waals surface area contributed by atoms with Crippen molar-refractivity contribution >= 4 is 51.7 Å². The zero-order valence-corrected chi connectivity index (χ0v) is 43.2. The Morgan fingerprint density at radius 2 is 1.18 bits per heavy atom. The number of hydrogen-bond acceptors (Lipinski definition) is 11. The van der Waals surface area contributed by atoms with Gasteiger partial charge in [-0.05, 0) is 64.3 Å². The van der Waals surface area contributed by atoms with Gasteiger partial charge in [0.2, 0.25) is 5.60 Å². The lowest BCUT2D eigenvalue weighted by Gasteiger charge is -2.50. The van der Waals surface area contributed by atoms with Gasteiger partial charge in [0.05, 0.1) is 7.11 Å². The van der Waals surface area contributed by atoms with Crippen LogP contribution in [0.1, 0.15) is 57.5 Å². The molecule has 2 fully saturated rings. The van der Waals surface area contributed by atoms with Gasteiger partial charge >= 0.3 is 5.97 Å². The average Bonchev–Trinajstić information content (AvgIpc) is 4.36. The number of ether oxygens (including phenoxy) is 2. The number of hydrogen-bond donors (Lipinski definition) is 2. The first-order valence-corrected chi connectivity index (χ1v) is 27.0. The van der Waals surface area contributed by atoms with Crippen LogP contribution in [-0.4, -0.2) is 57.7 Å². The number of β-lactam (4-membered cyclic amide) rings is 1. The second-order valence-electron chi connectivity index (χ2n) is 18.7. The van der Waals surface area contributed by atoms with Gasteiger partial charge in [-0.3, -0.25) is 14.5 Å². The number of thioether (sulfide) groups is 1. The van der Waals surface area contributed by atoms with Crippen molar-refractivity contribution in [3.05, 3.63) is 280 Å². The van der Waals surface area contributed by atoms with Gasteiger partial charge in [-0.25, -0.2) is 9.78 Å². The van der Waals surface area contributed by atoms with Crippen molar-refractivity contribution in [1.29, 1.82) is 0 Å². The van der Waals surface area contributed by atoms with E-state index in [2.05, 4.69) is 53.6 Å². The summed E-state index contributed by atoms with van der Waals surface area (Å²) >= 11 is 2.78. The van der Waals surface area contributed by atoms with E-state index in [4.69, 9.17) is 24.5 Å². The number of nitrogens with zero attached hydrogens (tertiary/aromatic N) is 3. The Balaban J connectivity index is 0.979. The minimum absolute atomic E-state index is 0.0145. The summed E-state index contributed by atoms with van der Waals surface area (Å²) in [7, 11) is 1.59. The Kier molecular flexibility index (Phi) is 14.2. The molecule has 0 radical (unpaired) electrons. The first-order chi connectivity index (χ1) is 37.3. The highest BCUT2D eigenvalue weighted by atomic mass is 32.2. The molecule has 0 spiro atoms. The van der Waals surface area contributed by atoms with Gasteiger partial charge in [0.15, 0.2) is 10.8 Å². The standard InChI is InChI=1S/C63H53N5O6S2/c1-42(44-35-36-44)52-40-75-59-55(58(70)68(59)56(52)60(71)73-39-43-33-37-51(72-2)38-34-43)65-57(69)54(67-74-63(48-27-15-6-16-28-48,49-29-17-7-18-30-49)50-31-19-8-20-32-50)53-41-76-61(64-53)66-62(45-21-9-3-10-22-45,46-23-11-4-12-24-46)47-25-13-5-14-26-47/h3-34,37-38,41,44,55,59H,1,35-36,39-40H2,2H3,(H,64,66)(H,65,69)/t55-,59+/m1/s1. The molecule has 13 heteroatoms. The molecule has 1 saturated heterocycles. The summed E-state index contributed by atoms with van der Waals surface area (Å²) in [4.78, 5) is 57.8. The minimum Gasteiger partial charge on any atom is -0.497 e. The van der Waals surface area contributed by atoms with E-state index < -0.39 is 40.3 Å². The lowest BCUT2D eigenvalue weighted by Crippen LogP contribution is -2.71. The summed E-state index contributed by atoms with van der Waals surface area (Å²) in [6.45, 7) is 4.37. The van der Waals surface area contributed by atoms with Crippen molar-refractivity contribution < 1.29 is 28.7 Å². The number of carbonyl (C=O) groups is 3. The molecule has 0 unspecified atom stereocenters. The minimum atomic E-state index is -1.36. The van der Waals surface area contributed by atoms with Gasteiger partial charge in [-0.1, -0.05) is 206 Å². The van der Waals surface area contributed by atoms with E-state index in [9.17, 15) is 9.59 Å². The Hall–Kier alpha value is -8.52. The molecular weight excluding hydrogens is 987 g/mol. The molecule has 3 heterocycles. The number of carbonyl (C=O) groups excluding carboxylic acids is 3. The Bertz CT molecular complexity index is 3230. The van der Waals surface area contributed by atoms with E-state index in [1.54, 1.807) is 24.6 Å². The summed E-state index contributed by atoms with van der Waals surface area (Å²) in [6.07, 6.45) is 1.92. The van der Waals surface area contributed by atoms with E-state index in [1.165, 1.54) is 28.0 Å². The molecule has 11 rings (SSSR count). The fourth-order valence-corrected chi connectivity index (χ4v) is 12.2. The molecule has 2 atom stereocenters. The molecule has 2 aliphatic heterocycles. The number of methoxy groups -OCH3 is 1. The second kappa shape index (κ2) is 21.7. The van der Waals surface area contributed by atoms with Crippen molar-refractivity contribution in [1.82, 2.24) is 15.2 Å². The number of amides is 2. The van der Waals surface area contributed by atoms with Crippen LogP contribution in [0.2, 0.25) is 0 Å². The fourth-order valence-electron chi connectivity index (χ4n) is 10.1. The second-order valence-corrected chi connectivity index (χ2v) is 20.7. The van der Waals surface area contributed by atoms with Crippen molar-refractivity contribution in [3.8, 4) is 5.75 Å². The van der Waals surface area contributed by atoms with Crippen LogP contribution in [0.5, 0.6) is 5.75 Å². The number of esters is 1. The first kappa shape index (κ1) is 49.7. The maximum absolute atomic E-state index is 15.4. The third-order valence-electron chi connectivity index (χ3n) is 14.1. The molecule has 11 nitrogen and oxygen atoms in total. The molecule has 1 aromatic heterocycles. The SMILES string of the molecule is C=C(C1=C(C(=O)OCc2ccc(OC)cc2)N2C(=O)[C@@H](NC(=O)C(=NOC(c3ccccc3)(c3ccccc3)c3ccccc3)c3csc(NC(c4ccccc4)(c4ccccc4)c4ccccc4)n3)[C@@H]2SC1)C1CC1. The summed E-state index contributed by atoms with van der Waals surface area (Å²) < 4.78 is 11.2. The largest absolute Gasteiger partial charge is 0.497 e. The Labute approximate surface area is 450 Å². The predicted octanol–water partition coefficient (Wildman–Crippen LogP) is 11.6. The number of oxime groups is 1. The average molecular weight is 1040 g/mol. The molecule has 2 amide bonds. The van der Waals surface area contributed by atoms with Crippen LogP contribution in [0.15, 0.2) is 240 Å². The molecule has 8 aromatic rings. The van der Waals surface area contributed by atoms with Gasteiger partial charge in [0, 0.05) is 27.8 Å². The van der Waals surface area contributed by atoms with E-state index in [0.29, 0.717) is 22.2 Å². The highest BCUT2D eigenvalue weighted by molar-refractivity contribution is 8.00. The monoisotopic (exact) mass is 1040 g/mol. The van der Waals surface area contributed by atoms with Gasteiger partial charge < -0.3 is 24.9 Å². The number of anilines is 1. The summed E-state index contributed by atoms with van der Waals surface area (Å²) in [5.74, 6) is -0.487. The fraction of sp³-hybridized carbons (Fsp3) is 0.159. The number of thiazole rings is 1. The lowest BCUT2D eigenvalue weighted by atomic mass is 9.77. The van der Waals surface area contributed by atoms with Gasteiger partial charge in [-0.15, -0.1) is 23.1 Å². The Morgan fingerprint density at radius 3 is 1.66 bits per heavy atom. The van der Waals surface area contributed by atoms with Crippen molar-refractivity contribution in [2.24, 2.45) is 11.1 Å². The number of fused-ring (bicyclic) bond motifs is 1. The number of nitrogens with one attached hydrogen (secondary N) is 2. The number of rotatable bonds is 19. The topological polar surface area (TPSA) is 131 Å².